The van der Waals surface area contributed by atoms with Gasteiger partial charge in [0.1, 0.15) is 10.6 Å². The molecule has 1 saturated heterocycles. The van der Waals surface area contributed by atoms with Crippen molar-refractivity contribution in [3.8, 4) is 11.5 Å². The molecule has 0 bridgehead atoms. The van der Waals surface area contributed by atoms with Gasteiger partial charge in [0.25, 0.3) is 0 Å². The first-order valence-corrected chi connectivity index (χ1v) is 6.83. The minimum atomic E-state index is 0.0629. The fourth-order valence-corrected chi connectivity index (χ4v) is 2.97. The summed E-state index contributed by atoms with van der Waals surface area (Å²) in [5.74, 6) is 0.895. The summed E-state index contributed by atoms with van der Waals surface area (Å²) in [6, 6.07) is 3.63. The molecule has 0 radical (unpaired) electrons. The van der Waals surface area contributed by atoms with Gasteiger partial charge in [0.05, 0.1) is 11.8 Å². The Hall–Kier alpha value is -1.46. The lowest BCUT2D eigenvalue weighted by Gasteiger charge is -2.20. The Balaban J connectivity index is 1.88. The van der Waals surface area contributed by atoms with Crippen LogP contribution in [0.15, 0.2) is 28.3 Å². The van der Waals surface area contributed by atoms with Gasteiger partial charge in [-0.2, -0.15) is 0 Å². The number of Topliss-reactive ketones (excluding diaryl/α,β-unsaturated/α-hetero) is 1. The number of hydrogen-bond donors (Lipinski definition) is 0. The smallest absolute Gasteiger partial charge is 0.178 e. The molecule has 3 heterocycles. The fourth-order valence-electron chi connectivity index (χ4n) is 2.15. The van der Waals surface area contributed by atoms with Crippen LogP contribution in [0.2, 0.25) is 0 Å². The Morgan fingerprint density at radius 1 is 1.39 bits per heavy atom. The molecule has 18 heavy (non-hydrogen) atoms. The number of nitrogens with zero attached hydrogens (tertiary/aromatic N) is 1. The molecule has 0 atom stereocenters. The Morgan fingerprint density at radius 2 is 2.22 bits per heavy atom. The van der Waals surface area contributed by atoms with E-state index in [2.05, 4.69) is 4.98 Å². The van der Waals surface area contributed by atoms with Crippen molar-refractivity contribution in [1.82, 2.24) is 4.98 Å². The van der Waals surface area contributed by atoms with E-state index in [1.54, 1.807) is 17.8 Å². The number of carbonyl (C=O) groups is 1. The highest BCUT2D eigenvalue weighted by atomic mass is 32.1. The molecule has 3 rings (SSSR count). The highest BCUT2D eigenvalue weighted by Crippen LogP contribution is 2.30. The quantitative estimate of drug-likeness (QED) is 0.799. The number of thiazole rings is 1. The van der Waals surface area contributed by atoms with Crippen LogP contribution in [0.1, 0.15) is 22.5 Å². The van der Waals surface area contributed by atoms with E-state index in [1.165, 1.54) is 11.3 Å². The Bertz CT molecular complexity index is 526. The minimum Gasteiger partial charge on any atom is -0.463 e. The maximum absolute atomic E-state index is 12.5. The summed E-state index contributed by atoms with van der Waals surface area (Å²) >= 11 is 1.39. The predicted molar refractivity (Wildman–Crippen MR) is 67.7 cm³/mol. The lowest BCUT2D eigenvalue weighted by Crippen LogP contribution is -2.23. The zero-order chi connectivity index (χ0) is 12.4. The summed E-state index contributed by atoms with van der Waals surface area (Å²) in [5, 5.41) is 0. The van der Waals surface area contributed by atoms with Gasteiger partial charge < -0.3 is 9.15 Å². The van der Waals surface area contributed by atoms with Crippen molar-refractivity contribution in [1.29, 1.82) is 0 Å². The van der Waals surface area contributed by atoms with Crippen LogP contribution in [0.25, 0.3) is 11.5 Å². The van der Waals surface area contributed by atoms with E-state index < -0.39 is 0 Å². The molecular formula is C13H13NO3S. The third kappa shape index (κ3) is 2.11. The van der Waals surface area contributed by atoms with Crippen molar-refractivity contribution in [2.45, 2.75) is 12.8 Å². The maximum Gasteiger partial charge on any atom is 0.178 e. The van der Waals surface area contributed by atoms with Gasteiger partial charge in [-0.25, -0.2) is 4.98 Å². The van der Waals surface area contributed by atoms with Gasteiger partial charge >= 0.3 is 0 Å². The maximum atomic E-state index is 12.5. The standard InChI is InChI=1S/C13H13NO3S/c15-12(9-3-6-16-7-4-9)13-11(14-8-18-13)10-2-1-5-17-10/h1-2,5,8-9H,3-4,6-7H2. The number of hydrogen-bond acceptors (Lipinski definition) is 5. The summed E-state index contributed by atoms with van der Waals surface area (Å²) in [7, 11) is 0. The van der Waals surface area contributed by atoms with Crippen LogP contribution in [0.3, 0.4) is 0 Å². The molecule has 5 heteroatoms. The second kappa shape index (κ2) is 5.04. The zero-order valence-electron chi connectivity index (χ0n) is 9.80. The van der Waals surface area contributed by atoms with Crippen LogP contribution in [0.5, 0.6) is 0 Å². The van der Waals surface area contributed by atoms with E-state index in [9.17, 15) is 4.79 Å². The monoisotopic (exact) mass is 263 g/mol. The minimum absolute atomic E-state index is 0.0629. The normalized spacial score (nSPS) is 16.9. The molecule has 2 aromatic heterocycles. The van der Waals surface area contributed by atoms with Crippen LogP contribution in [0.4, 0.5) is 0 Å². The van der Waals surface area contributed by atoms with E-state index in [0.717, 1.165) is 12.8 Å². The third-order valence-electron chi connectivity index (χ3n) is 3.14. The number of furan rings is 1. The second-order valence-electron chi connectivity index (χ2n) is 4.26. The molecular weight excluding hydrogens is 250 g/mol. The SMILES string of the molecule is O=C(c1scnc1-c1ccco1)C1CCOCC1. The van der Waals surface area contributed by atoms with E-state index in [-0.39, 0.29) is 11.7 Å². The molecule has 1 aliphatic heterocycles. The molecule has 0 aliphatic carbocycles. The van der Waals surface area contributed by atoms with Gasteiger partial charge in [0, 0.05) is 19.1 Å². The van der Waals surface area contributed by atoms with Crippen molar-refractivity contribution >= 4 is 17.1 Å². The van der Waals surface area contributed by atoms with Crippen molar-refractivity contribution < 1.29 is 13.9 Å². The van der Waals surface area contributed by atoms with Gasteiger partial charge in [-0.1, -0.05) is 0 Å². The van der Waals surface area contributed by atoms with Crippen molar-refractivity contribution in [3.05, 3.63) is 28.8 Å². The van der Waals surface area contributed by atoms with E-state index in [1.807, 2.05) is 6.07 Å². The molecule has 1 fully saturated rings. The molecule has 4 nitrogen and oxygen atoms in total. The molecule has 1 aliphatic rings. The first-order chi connectivity index (χ1) is 8.86. The van der Waals surface area contributed by atoms with Crippen LogP contribution in [-0.2, 0) is 4.74 Å². The molecule has 2 aromatic rings. The summed E-state index contributed by atoms with van der Waals surface area (Å²) in [5.41, 5.74) is 2.37. The fraction of sp³-hybridized carbons (Fsp3) is 0.385. The molecule has 94 valence electrons. The van der Waals surface area contributed by atoms with Crippen LogP contribution < -0.4 is 0 Å². The highest BCUT2D eigenvalue weighted by molar-refractivity contribution is 7.12. The number of rotatable bonds is 3. The average Bonchev–Trinajstić information content (AvgIpc) is 3.09. The van der Waals surface area contributed by atoms with Crippen molar-refractivity contribution in [2.24, 2.45) is 5.92 Å². The van der Waals surface area contributed by atoms with Gasteiger partial charge in [0.2, 0.25) is 0 Å². The van der Waals surface area contributed by atoms with Gasteiger partial charge in [-0.15, -0.1) is 11.3 Å². The molecule has 0 N–H and O–H groups in total. The van der Waals surface area contributed by atoms with E-state index >= 15 is 0 Å². The summed E-state index contributed by atoms with van der Waals surface area (Å²) < 4.78 is 10.6. The third-order valence-corrected chi connectivity index (χ3v) is 3.98. The molecule has 0 saturated carbocycles. The lowest BCUT2D eigenvalue weighted by atomic mass is 9.94. The molecule has 0 spiro atoms. The number of ketones is 1. The van der Waals surface area contributed by atoms with Crippen LogP contribution >= 0.6 is 11.3 Å². The molecule has 0 amide bonds. The average molecular weight is 263 g/mol. The largest absolute Gasteiger partial charge is 0.463 e. The number of carbonyl (C=O) groups excluding carboxylic acids is 1. The summed E-state index contributed by atoms with van der Waals surface area (Å²) in [6.07, 6.45) is 3.19. The first kappa shape index (κ1) is 11.6. The van der Waals surface area contributed by atoms with Crippen LogP contribution in [-0.4, -0.2) is 24.0 Å². The van der Waals surface area contributed by atoms with Crippen molar-refractivity contribution in [3.63, 3.8) is 0 Å². The zero-order valence-corrected chi connectivity index (χ0v) is 10.6. The molecule has 0 unspecified atom stereocenters. The highest BCUT2D eigenvalue weighted by Gasteiger charge is 2.27. The Morgan fingerprint density at radius 3 is 2.94 bits per heavy atom. The Labute approximate surface area is 109 Å². The second-order valence-corrected chi connectivity index (χ2v) is 5.11. The van der Waals surface area contributed by atoms with Crippen molar-refractivity contribution in [2.75, 3.05) is 13.2 Å². The van der Waals surface area contributed by atoms with Gasteiger partial charge in [-0.3, -0.25) is 4.79 Å². The molecule has 0 aromatic carbocycles. The summed E-state index contributed by atoms with van der Waals surface area (Å²) in [6.45, 7) is 1.34. The van der Waals surface area contributed by atoms with Gasteiger partial charge in [-0.05, 0) is 25.0 Å². The van der Waals surface area contributed by atoms with E-state index in [0.29, 0.717) is 29.5 Å². The van der Waals surface area contributed by atoms with Gasteiger partial charge in [0.15, 0.2) is 11.5 Å². The first-order valence-electron chi connectivity index (χ1n) is 5.95. The van der Waals surface area contributed by atoms with E-state index in [4.69, 9.17) is 9.15 Å². The lowest BCUT2D eigenvalue weighted by molar-refractivity contribution is 0.0547. The summed E-state index contributed by atoms with van der Waals surface area (Å²) in [4.78, 5) is 17.4. The number of aromatic nitrogens is 1. The van der Waals surface area contributed by atoms with Crippen LogP contribution in [0, 0.1) is 5.92 Å². The number of ether oxygens (including phenoxy) is 1. The topological polar surface area (TPSA) is 52.3 Å². The predicted octanol–water partition coefficient (Wildman–Crippen LogP) is 3.01. The Kier molecular flexibility index (Phi) is 3.25.